The van der Waals surface area contributed by atoms with E-state index in [0.29, 0.717) is 11.5 Å². The molecule has 1 atom stereocenters. The highest BCUT2D eigenvalue weighted by Crippen LogP contribution is 2.26. The molecule has 2 aromatic carbocycles. The maximum absolute atomic E-state index is 12.4. The number of hydrogen-bond donors (Lipinski definition) is 0. The van der Waals surface area contributed by atoms with Gasteiger partial charge >= 0.3 is 0 Å². The first kappa shape index (κ1) is 17.6. The molecule has 0 saturated heterocycles. The van der Waals surface area contributed by atoms with Crippen LogP contribution in [0.1, 0.15) is 24.1 Å². The van der Waals surface area contributed by atoms with E-state index >= 15 is 0 Å². The van der Waals surface area contributed by atoms with Gasteiger partial charge in [-0.1, -0.05) is 30.3 Å². The minimum Gasteiger partial charge on any atom is -0.497 e. The highest BCUT2D eigenvalue weighted by Gasteiger charge is 2.15. The average molecular weight is 325 g/mol. The fourth-order valence-electron chi connectivity index (χ4n) is 2.38. The van der Waals surface area contributed by atoms with Crippen LogP contribution in [-0.4, -0.2) is 32.1 Å². The zero-order chi connectivity index (χ0) is 17.5. The molecule has 0 aromatic heterocycles. The molecule has 4 nitrogen and oxygen atoms in total. The Morgan fingerprint density at radius 3 is 2.42 bits per heavy atom. The first-order valence-electron chi connectivity index (χ1n) is 7.78. The molecule has 0 N–H and O–H groups in total. The van der Waals surface area contributed by atoms with Gasteiger partial charge in [0.25, 0.3) is 0 Å². The van der Waals surface area contributed by atoms with E-state index in [1.165, 1.54) is 0 Å². The summed E-state index contributed by atoms with van der Waals surface area (Å²) in [7, 11) is 5.00. The summed E-state index contributed by atoms with van der Waals surface area (Å²) in [5, 5.41) is 0. The van der Waals surface area contributed by atoms with Gasteiger partial charge in [0, 0.05) is 24.8 Å². The molecule has 0 spiro atoms. The van der Waals surface area contributed by atoms with Crippen LogP contribution in [0.5, 0.6) is 11.5 Å². The van der Waals surface area contributed by atoms with Gasteiger partial charge in [-0.25, -0.2) is 0 Å². The number of benzene rings is 2. The van der Waals surface area contributed by atoms with Gasteiger partial charge in [0.1, 0.15) is 11.5 Å². The monoisotopic (exact) mass is 325 g/mol. The molecule has 0 bridgehead atoms. The molecular weight excluding hydrogens is 302 g/mol. The third-order valence-electron chi connectivity index (χ3n) is 4.06. The Morgan fingerprint density at radius 2 is 1.79 bits per heavy atom. The van der Waals surface area contributed by atoms with Crippen molar-refractivity contribution < 1.29 is 14.3 Å². The number of methoxy groups -OCH3 is 2. The molecule has 0 aliphatic rings. The van der Waals surface area contributed by atoms with Crippen LogP contribution in [0.4, 0.5) is 0 Å². The van der Waals surface area contributed by atoms with Crippen molar-refractivity contribution >= 4 is 12.0 Å². The Bertz CT molecular complexity index is 710. The Morgan fingerprint density at radius 1 is 1.08 bits per heavy atom. The second-order valence-electron chi connectivity index (χ2n) is 5.48. The smallest absolute Gasteiger partial charge is 0.246 e. The molecule has 1 amide bonds. The van der Waals surface area contributed by atoms with Crippen molar-refractivity contribution in [2.75, 3.05) is 21.3 Å². The maximum atomic E-state index is 12.4. The summed E-state index contributed by atoms with van der Waals surface area (Å²) >= 11 is 0. The average Bonchev–Trinajstić information content (AvgIpc) is 2.65. The summed E-state index contributed by atoms with van der Waals surface area (Å²) in [6.45, 7) is 2.01. The number of amides is 1. The summed E-state index contributed by atoms with van der Waals surface area (Å²) < 4.78 is 10.5. The third-order valence-corrected chi connectivity index (χ3v) is 4.06. The number of nitrogens with zero attached hydrogens (tertiary/aromatic N) is 1. The predicted molar refractivity (Wildman–Crippen MR) is 96.2 cm³/mol. The molecule has 0 fully saturated rings. The molecule has 0 saturated carbocycles. The number of ether oxygens (including phenoxy) is 2. The highest BCUT2D eigenvalue weighted by molar-refractivity contribution is 5.92. The van der Waals surface area contributed by atoms with Gasteiger partial charge < -0.3 is 14.4 Å². The van der Waals surface area contributed by atoms with Crippen LogP contribution in [0, 0.1) is 0 Å². The second-order valence-corrected chi connectivity index (χ2v) is 5.48. The first-order valence-corrected chi connectivity index (χ1v) is 7.78. The predicted octanol–water partition coefficient (Wildman–Crippen LogP) is 3.94. The fourth-order valence-corrected chi connectivity index (χ4v) is 2.38. The van der Waals surface area contributed by atoms with Crippen LogP contribution in [0.15, 0.2) is 54.6 Å². The maximum Gasteiger partial charge on any atom is 0.246 e. The molecule has 2 aromatic rings. The van der Waals surface area contributed by atoms with Crippen molar-refractivity contribution in [3.8, 4) is 11.5 Å². The van der Waals surface area contributed by atoms with Gasteiger partial charge in [0.15, 0.2) is 0 Å². The Labute approximate surface area is 143 Å². The van der Waals surface area contributed by atoms with Crippen molar-refractivity contribution in [2.45, 2.75) is 13.0 Å². The van der Waals surface area contributed by atoms with Crippen LogP contribution in [-0.2, 0) is 4.79 Å². The topological polar surface area (TPSA) is 38.8 Å². The molecule has 4 heteroatoms. The van der Waals surface area contributed by atoms with Crippen molar-refractivity contribution in [3.05, 3.63) is 65.7 Å². The SMILES string of the molecule is COc1ccc(/C=C/C(=O)N(C)C(C)c2ccccc2)c(OC)c1. The Hall–Kier alpha value is -2.75. The van der Waals surface area contributed by atoms with Gasteiger partial charge in [-0.15, -0.1) is 0 Å². The van der Waals surface area contributed by atoms with Crippen LogP contribution < -0.4 is 9.47 Å². The van der Waals surface area contributed by atoms with Crippen molar-refractivity contribution in [1.29, 1.82) is 0 Å². The van der Waals surface area contributed by atoms with E-state index in [9.17, 15) is 4.79 Å². The van der Waals surface area contributed by atoms with Crippen LogP contribution >= 0.6 is 0 Å². The Kier molecular flexibility index (Phi) is 6.01. The zero-order valence-corrected chi connectivity index (χ0v) is 14.5. The molecule has 0 aliphatic heterocycles. The first-order chi connectivity index (χ1) is 11.6. The summed E-state index contributed by atoms with van der Waals surface area (Å²) in [6.07, 6.45) is 3.32. The van der Waals surface area contributed by atoms with Crippen molar-refractivity contribution in [1.82, 2.24) is 4.90 Å². The van der Waals surface area contributed by atoms with E-state index in [4.69, 9.17) is 9.47 Å². The van der Waals surface area contributed by atoms with Crippen LogP contribution in [0.3, 0.4) is 0 Å². The highest BCUT2D eigenvalue weighted by atomic mass is 16.5. The van der Waals surface area contributed by atoms with E-state index in [0.717, 1.165) is 11.1 Å². The molecule has 1 unspecified atom stereocenters. The summed E-state index contributed by atoms with van der Waals surface area (Å²) in [5.41, 5.74) is 1.93. The lowest BCUT2D eigenvalue weighted by molar-refractivity contribution is -0.126. The fraction of sp³-hybridized carbons (Fsp3) is 0.250. The van der Waals surface area contributed by atoms with Crippen molar-refractivity contribution in [2.24, 2.45) is 0 Å². The third kappa shape index (κ3) is 4.16. The van der Waals surface area contributed by atoms with Gasteiger partial charge in [0.2, 0.25) is 5.91 Å². The van der Waals surface area contributed by atoms with Crippen LogP contribution in [0.25, 0.3) is 6.08 Å². The van der Waals surface area contributed by atoms with E-state index in [-0.39, 0.29) is 11.9 Å². The quantitative estimate of drug-likeness (QED) is 0.755. The van der Waals surface area contributed by atoms with E-state index in [1.807, 2.05) is 49.4 Å². The van der Waals surface area contributed by atoms with Gasteiger partial charge in [-0.05, 0) is 30.7 Å². The van der Waals surface area contributed by atoms with Gasteiger partial charge in [-0.3, -0.25) is 4.79 Å². The molecular formula is C20H23NO3. The van der Waals surface area contributed by atoms with E-state index in [1.54, 1.807) is 44.4 Å². The van der Waals surface area contributed by atoms with Crippen LogP contribution in [0.2, 0.25) is 0 Å². The van der Waals surface area contributed by atoms with E-state index in [2.05, 4.69) is 0 Å². The number of carbonyl (C=O) groups is 1. The number of hydrogen-bond acceptors (Lipinski definition) is 3. The largest absolute Gasteiger partial charge is 0.497 e. The minimum atomic E-state index is -0.0655. The normalized spacial score (nSPS) is 12.0. The lowest BCUT2D eigenvalue weighted by atomic mass is 10.1. The summed E-state index contributed by atoms with van der Waals surface area (Å²) in [6, 6.07) is 15.4. The molecule has 0 heterocycles. The van der Waals surface area contributed by atoms with Gasteiger partial charge in [0.05, 0.1) is 20.3 Å². The molecule has 0 radical (unpaired) electrons. The molecule has 24 heavy (non-hydrogen) atoms. The van der Waals surface area contributed by atoms with Crippen molar-refractivity contribution in [3.63, 3.8) is 0 Å². The van der Waals surface area contributed by atoms with Gasteiger partial charge in [-0.2, -0.15) is 0 Å². The summed E-state index contributed by atoms with van der Waals surface area (Å²) in [4.78, 5) is 14.1. The molecule has 2 rings (SSSR count). The van der Waals surface area contributed by atoms with E-state index < -0.39 is 0 Å². The minimum absolute atomic E-state index is 0.00103. The lowest BCUT2D eigenvalue weighted by Crippen LogP contribution is -2.27. The molecule has 126 valence electrons. The zero-order valence-electron chi connectivity index (χ0n) is 14.5. The second kappa shape index (κ2) is 8.20. The summed E-state index contributed by atoms with van der Waals surface area (Å²) in [5.74, 6) is 1.31. The molecule has 0 aliphatic carbocycles. The number of likely N-dealkylation sites (N-methyl/N-ethyl adjacent to an activating group) is 1. The lowest BCUT2D eigenvalue weighted by Gasteiger charge is -2.24. The Balaban J connectivity index is 2.12. The number of rotatable bonds is 6. The number of carbonyl (C=O) groups excluding carboxylic acids is 1. The standard InChI is InChI=1S/C20H23NO3/c1-15(16-8-6-5-7-9-16)21(2)20(22)13-11-17-10-12-18(23-3)14-19(17)24-4/h5-15H,1-4H3/b13-11+.